The van der Waals surface area contributed by atoms with Gasteiger partial charge in [0.2, 0.25) is 5.91 Å². The van der Waals surface area contributed by atoms with Crippen LogP contribution in [0, 0.1) is 5.92 Å². The van der Waals surface area contributed by atoms with Gasteiger partial charge in [0.15, 0.2) is 0 Å². The molecule has 1 aromatic rings. The number of carbonyl (C=O) groups excluding carboxylic acids is 1. The van der Waals surface area contributed by atoms with Gasteiger partial charge in [-0.3, -0.25) is 4.79 Å². The number of aliphatic hydroxyl groups excluding tert-OH is 1. The van der Waals surface area contributed by atoms with Crippen LogP contribution in [-0.2, 0) is 11.2 Å². The molecule has 3 N–H and O–H groups in total. The molecule has 3 rings (SSSR count). The third-order valence-electron chi connectivity index (χ3n) is 5.11. The third kappa shape index (κ3) is 5.48. The fourth-order valence-electron chi connectivity index (χ4n) is 3.58. The van der Waals surface area contributed by atoms with Gasteiger partial charge in [0.1, 0.15) is 0 Å². The van der Waals surface area contributed by atoms with Crippen molar-refractivity contribution < 1.29 is 9.90 Å². The highest BCUT2D eigenvalue weighted by atomic mass is 35.5. The van der Waals surface area contributed by atoms with E-state index in [2.05, 4.69) is 46.7 Å². The minimum Gasteiger partial charge on any atom is -0.391 e. The van der Waals surface area contributed by atoms with E-state index in [1.807, 2.05) is 0 Å². The number of β-amino-alcohol motifs (C(OH)–C–C–N with tert-alkyl or cyclic N) is 1. The van der Waals surface area contributed by atoms with Crippen LogP contribution in [0.25, 0.3) is 0 Å². The van der Waals surface area contributed by atoms with Gasteiger partial charge in [-0.25, -0.2) is 0 Å². The number of amides is 1. The summed E-state index contributed by atoms with van der Waals surface area (Å²) in [5.74, 6) is 0.202. The molecule has 2 heterocycles. The highest BCUT2D eigenvalue weighted by Gasteiger charge is 2.26. The van der Waals surface area contributed by atoms with Crippen molar-refractivity contribution in [2.45, 2.75) is 38.3 Å². The van der Waals surface area contributed by atoms with Gasteiger partial charge >= 0.3 is 0 Å². The van der Waals surface area contributed by atoms with Crippen molar-refractivity contribution in [1.82, 2.24) is 10.6 Å². The van der Waals surface area contributed by atoms with Gasteiger partial charge in [0.25, 0.3) is 0 Å². The van der Waals surface area contributed by atoms with E-state index in [-0.39, 0.29) is 42.7 Å². The topological polar surface area (TPSA) is 64.6 Å². The number of aryl methyl sites for hydroxylation is 1. The summed E-state index contributed by atoms with van der Waals surface area (Å²) in [7, 11) is 0. The van der Waals surface area contributed by atoms with E-state index in [0.29, 0.717) is 25.6 Å². The van der Waals surface area contributed by atoms with Gasteiger partial charge in [0, 0.05) is 50.2 Å². The van der Waals surface area contributed by atoms with Crippen LogP contribution in [0.3, 0.4) is 0 Å². The lowest BCUT2D eigenvalue weighted by atomic mass is 9.96. The molecular formula is C18H29Cl2N3O2. The fourth-order valence-corrected chi connectivity index (χ4v) is 3.58. The quantitative estimate of drug-likeness (QED) is 0.717. The van der Waals surface area contributed by atoms with Crippen LogP contribution in [0.4, 0.5) is 5.69 Å². The molecule has 142 valence electrons. The van der Waals surface area contributed by atoms with Crippen molar-refractivity contribution in [3.63, 3.8) is 0 Å². The van der Waals surface area contributed by atoms with Crippen LogP contribution >= 0.6 is 24.8 Å². The Morgan fingerprint density at radius 3 is 2.80 bits per heavy atom. The number of nitrogens with zero attached hydrogens (tertiary/aromatic N) is 1. The number of nitrogens with one attached hydrogen (secondary N) is 2. The standard InChI is InChI=1S/C18H27N3O2.2ClH/c1-13-6-7-14-4-2-3-5-16(14)21(13)9-8-18(23)20-11-15-10-19-12-17(15)22;;/h2-5,13,15,17,19,22H,6-12H2,1H3,(H,20,23);2*1H. The van der Waals surface area contributed by atoms with Crippen molar-refractivity contribution in [3.05, 3.63) is 29.8 Å². The summed E-state index contributed by atoms with van der Waals surface area (Å²) in [5.41, 5.74) is 2.65. The Balaban J connectivity index is 0.00000156. The number of rotatable bonds is 5. The summed E-state index contributed by atoms with van der Waals surface area (Å²) in [6, 6.07) is 8.96. The molecule has 1 aromatic carbocycles. The average molecular weight is 390 g/mol. The van der Waals surface area contributed by atoms with Crippen LogP contribution in [0.5, 0.6) is 0 Å². The van der Waals surface area contributed by atoms with Gasteiger partial charge in [-0.15, -0.1) is 24.8 Å². The molecule has 1 amide bonds. The molecule has 0 aromatic heterocycles. The lowest BCUT2D eigenvalue weighted by Crippen LogP contribution is -2.41. The fraction of sp³-hybridized carbons (Fsp3) is 0.611. The van der Waals surface area contributed by atoms with E-state index in [9.17, 15) is 9.90 Å². The number of hydrogen-bond donors (Lipinski definition) is 3. The van der Waals surface area contributed by atoms with Gasteiger partial charge < -0.3 is 20.6 Å². The molecular weight excluding hydrogens is 361 g/mol. The first-order valence-corrected chi connectivity index (χ1v) is 8.65. The first-order valence-electron chi connectivity index (χ1n) is 8.65. The van der Waals surface area contributed by atoms with Gasteiger partial charge in [0.05, 0.1) is 6.10 Å². The Morgan fingerprint density at radius 1 is 1.32 bits per heavy atom. The van der Waals surface area contributed by atoms with E-state index >= 15 is 0 Å². The minimum atomic E-state index is -0.343. The number of hydrogen-bond acceptors (Lipinski definition) is 4. The second-order valence-electron chi connectivity index (χ2n) is 6.75. The van der Waals surface area contributed by atoms with Crippen LogP contribution < -0.4 is 15.5 Å². The molecule has 0 bridgehead atoms. The number of carbonyl (C=O) groups is 1. The molecule has 5 nitrogen and oxygen atoms in total. The zero-order chi connectivity index (χ0) is 16.2. The Bertz CT molecular complexity index is 559. The second kappa shape index (κ2) is 10.2. The number of halogens is 2. The SMILES string of the molecule is CC1CCc2ccccc2N1CCC(=O)NCC1CNCC1O.Cl.Cl. The molecule has 2 aliphatic heterocycles. The Kier molecular flexibility index (Phi) is 9.00. The summed E-state index contributed by atoms with van der Waals surface area (Å²) in [4.78, 5) is 14.5. The minimum absolute atomic E-state index is 0. The zero-order valence-electron chi connectivity index (χ0n) is 14.6. The van der Waals surface area contributed by atoms with Crippen LogP contribution in [0.2, 0.25) is 0 Å². The van der Waals surface area contributed by atoms with Crippen molar-refractivity contribution in [2.75, 3.05) is 31.1 Å². The predicted octanol–water partition coefficient (Wildman–Crippen LogP) is 1.76. The first kappa shape index (κ1) is 22.0. The normalized spacial score (nSPS) is 24.7. The zero-order valence-corrected chi connectivity index (χ0v) is 16.2. The Labute approximate surface area is 162 Å². The van der Waals surface area contributed by atoms with Crippen molar-refractivity contribution in [3.8, 4) is 0 Å². The van der Waals surface area contributed by atoms with Gasteiger partial charge in [-0.2, -0.15) is 0 Å². The van der Waals surface area contributed by atoms with Crippen LogP contribution in [-0.4, -0.2) is 49.3 Å². The largest absolute Gasteiger partial charge is 0.391 e. The number of fused-ring (bicyclic) bond motifs is 1. The molecule has 1 fully saturated rings. The lowest BCUT2D eigenvalue weighted by molar-refractivity contribution is -0.121. The smallest absolute Gasteiger partial charge is 0.221 e. The predicted molar refractivity (Wildman–Crippen MR) is 106 cm³/mol. The molecule has 1 saturated heterocycles. The van der Waals surface area contributed by atoms with Gasteiger partial charge in [-0.1, -0.05) is 18.2 Å². The lowest BCUT2D eigenvalue weighted by Gasteiger charge is -2.37. The van der Waals surface area contributed by atoms with E-state index in [4.69, 9.17) is 0 Å². The molecule has 0 saturated carbocycles. The summed E-state index contributed by atoms with van der Waals surface area (Å²) in [6.07, 6.45) is 2.41. The average Bonchev–Trinajstić information content (AvgIpc) is 2.97. The van der Waals surface area contributed by atoms with Crippen molar-refractivity contribution >= 4 is 36.4 Å². The molecule has 2 aliphatic rings. The summed E-state index contributed by atoms with van der Waals surface area (Å²) in [6.45, 7) is 4.93. The van der Waals surface area contributed by atoms with E-state index in [1.54, 1.807) is 0 Å². The molecule has 0 spiro atoms. The van der Waals surface area contributed by atoms with Gasteiger partial charge in [-0.05, 0) is 31.4 Å². The van der Waals surface area contributed by atoms with E-state index < -0.39 is 0 Å². The number of para-hydroxylation sites is 1. The Morgan fingerprint density at radius 2 is 2.08 bits per heavy atom. The third-order valence-corrected chi connectivity index (χ3v) is 5.11. The highest BCUT2D eigenvalue weighted by Crippen LogP contribution is 2.30. The Hall–Kier alpha value is -1.01. The molecule has 3 unspecified atom stereocenters. The molecule has 3 atom stereocenters. The number of anilines is 1. The molecule has 0 radical (unpaired) electrons. The maximum atomic E-state index is 12.1. The van der Waals surface area contributed by atoms with Crippen molar-refractivity contribution in [1.29, 1.82) is 0 Å². The van der Waals surface area contributed by atoms with Crippen LogP contribution in [0.1, 0.15) is 25.3 Å². The molecule has 7 heteroatoms. The molecule has 0 aliphatic carbocycles. The van der Waals surface area contributed by atoms with E-state index in [0.717, 1.165) is 25.9 Å². The number of benzene rings is 1. The highest BCUT2D eigenvalue weighted by molar-refractivity contribution is 5.85. The maximum Gasteiger partial charge on any atom is 0.221 e. The second-order valence-corrected chi connectivity index (χ2v) is 6.75. The molecule has 25 heavy (non-hydrogen) atoms. The summed E-state index contributed by atoms with van der Waals surface area (Å²) >= 11 is 0. The monoisotopic (exact) mass is 389 g/mol. The first-order chi connectivity index (χ1) is 11.1. The van der Waals surface area contributed by atoms with Crippen molar-refractivity contribution in [2.24, 2.45) is 5.92 Å². The maximum absolute atomic E-state index is 12.1. The summed E-state index contributed by atoms with van der Waals surface area (Å²) in [5, 5.41) is 15.9. The number of aliphatic hydroxyl groups is 1. The van der Waals surface area contributed by atoms with Crippen LogP contribution in [0.15, 0.2) is 24.3 Å². The summed E-state index contributed by atoms with van der Waals surface area (Å²) < 4.78 is 0. The van der Waals surface area contributed by atoms with E-state index in [1.165, 1.54) is 11.3 Å².